The van der Waals surface area contributed by atoms with Gasteiger partial charge in [-0.05, 0) is 0 Å². The maximum absolute atomic E-state index is 3.91. The normalized spacial score (nSPS) is 9.89. The fourth-order valence-electron chi connectivity index (χ4n) is 0.741. The predicted molar refractivity (Wildman–Crippen MR) is 43.7 cm³/mol. The van der Waals surface area contributed by atoms with Crippen LogP contribution in [0.5, 0.6) is 0 Å². The van der Waals surface area contributed by atoms with Gasteiger partial charge in [0.05, 0.1) is 0 Å². The molecule has 0 heterocycles. The van der Waals surface area contributed by atoms with Gasteiger partial charge in [0.15, 0.2) is 0 Å². The van der Waals surface area contributed by atoms with E-state index in [1.807, 2.05) is 0 Å². The molecular weight excluding hydrogens is 171 g/mol. The summed E-state index contributed by atoms with van der Waals surface area (Å²) < 4.78 is 1.44. The zero-order chi connectivity index (χ0) is 6.69. The van der Waals surface area contributed by atoms with Crippen molar-refractivity contribution >= 4 is 25.0 Å². The first kappa shape index (κ1) is 6.76. The van der Waals surface area contributed by atoms with Gasteiger partial charge in [0.1, 0.15) is 0 Å². The molecule has 0 bridgehead atoms. The van der Waals surface area contributed by atoms with Crippen LogP contribution in [0.2, 0.25) is 0 Å². The summed E-state index contributed by atoms with van der Waals surface area (Å²) in [6.07, 6.45) is 0. The van der Waals surface area contributed by atoms with E-state index in [4.69, 9.17) is 0 Å². The molecule has 0 amide bonds. The van der Waals surface area contributed by atoms with Gasteiger partial charge in [0.25, 0.3) is 0 Å². The van der Waals surface area contributed by atoms with Gasteiger partial charge in [-0.15, -0.1) is 0 Å². The zero-order valence-corrected chi connectivity index (χ0v) is 7.34. The first-order valence-corrected chi connectivity index (χ1v) is 5.13. The second-order valence-corrected chi connectivity index (χ2v) is 3.62. The molecule has 0 aliphatic heterocycles. The topological polar surface area (TPSA) is 0 Å². The van der Waals surface area contributed by atoms with Gasteiger partial charge in [-0.25, -0.2) is 0 Å². The van der Waals surface area contributed by atoms with Gasteiger partial charge >= 0.3 is 61.7 Å². The molecule has 9 heavy (non-hydrogen) atoms. The van der Waals surface area contributed by atoms with Crippen LogP contribution in [0.15, 0.2) is 24.3 Å². The molecule has 0 radical (unpaired) electrons. The molecular formula is C8H9As. The number of hydrogen-bond donors (Lipinski definition) is 0. The van der Waals surface area contributed by atoms with E-state index in [-0.39, 0.29) is 15.3 Å². The molecule has 0 aromatic heterocycles. The van der Waals surface area contributed by atoms with E-state index in [1.165, 1.54) is 9.91 Å². The van der Waals surface area contributed by atoms with Crippen LogP contribution in [-0.4, -0.2) is 20.6 Å². The fraction of sp³-hybridized carbons (Fsp3) is 0.125. The first-order valence-electron chi connectivity index (χ1n) is 2.87. The standard InChI is InChI=1S/C8H9As/c1-7-5-3-4-6-8(7)9-2/h3-6H,2H2,1H3. The third kappa shape index (κ3) is 1.53. The van der Waals surface area contributed by atoms with Crippen molar-refractivity contribution in [2.45, 2.75) is 6.92 Å². The van der Waals surface area contributed by atoms with E-state index in [0.717, 1.165) is 0 Å². The Hall–Kier alpha value is -0.352. The van der Waals surface area contributed by atoms with E-state index >= 15 is 0 Å². The summed E-state index contributed by atoms with van der Waals surface area (Å²) in [4.78, 5) is 0. The summed E-state index contributed by atoms with van der Waals surface area (Å²) in [6, 6.07) is 8.43. The number of hydrogen-bond acceptors (Lipinski definition) is 0. The monoisotopic (exact) mass is 180 g/mol. The third-order valence-corrected chi connectivity index (χ3v) is 3.05. The Morgan fingerprint density at radius 3 is 2.44 bits per heavy atom. The summed E-state index contributed by atoms with van der Waals surface area (Å²) in [5.74, 6) is 0. The minimum atomic E-state index is 0.164. The van der Waals surface area contributed by atoms with E-state index < -0.39 is 0 Å². The Bertz CT molecular complexity index is 216. The van der Waals surface area contributed by atoms with Crippen molar-refractivity contribution in [3.63, 3.8) is 0 Å². The summed E-state index contributed by atoms with van der Waals surface area (Å²) in [5, 5.41) is 3.91. The van der Waals surface area contributed by atoms with Gasteiger partial charge in [0.2, 0.25) is 0 Å². The first-order chi connectivity index (χ1) is 4.34. The molecule has 0 N–H and O–H groups in total. The van der Waals surface area contributed by atoms with E-state index in [2.05, 4.69) is 36.5 Å². The maximum atomic E-state index is 3.91. The number of aryl methyl sites for hydroxylation is 1. The average Bonchev–Trinajstić information content (AvgIpc) is 1.89. The summed E-state index contributed by atoms with van der Waals surface area (Å²) in [5.41, 5.74) is 1.38. The van der Waals surface area contributed by atoms with Gasteiger partial charge in [-0.3, -0.25) is 0 Å². The number of rotatable bonds is 1. The third-order valence-electron chi connectivity index (χ3n) is 1.29. The van der Waals surface area contributed by atoms with Crippen LogP contribution in [0.25, 0.3) is 0 Å². The predicted octanol–water partition coefficient (Wildman–Crippen LogP) is 0.757. The van der Waals surface area contributed by atoms with Crippen LogP contribution < -0.4 is 4.35 Å². The molecule has 0 nitrogen and oxygen atoms in total. The summed E-state index contributed by atoms with van der Waals surface area (Å²) in [7, 11) is 0. The minimum absolute atomic E-state index is 0.164. The van der Waals surface area contributed by atoms with E-state index in [1.54, 1.807) is 0 Å². The molecule has 0 atom stereocenters. The average molecular weight is 180 g/mol. The molecule has 0 aliphatic rings. The Morgan fingerprint density at radius 2 is 2.00 bits per heavy atom. The van der Waals surface area contributed by atoms with Gasteiger partial charge in [0, 0.05) is 0 Å². The van der Waals surface area contributed by atoms with Crippen molar-refractivity contribution in [2.75, 3.05) is 0 Å². The molecule has 0 fully saturated rings. The Morgan fingerprint density at radius 1 is 1.33 bits per heavy atom. The molecule has 0 saturated heterocycles. The second-order valence-electron chi connectivity index (χ2n) is 1.94. The Labute approximate surface area is 62.1 Å². The van der Waals surface area contributed by atoms with E-state index in [0.29, 0.717) is 0 Å². The van der Waals surface area contributed by atoms with Gasteiger partial charge in [-0.1, -0.05) is 0 Å². The van der Waals surface area contributed by atoms with Gasteiger partial charge in [-0.2, -0.15) is 0 Å². The second kappa shape index (κ2) is 2.98. The summed E-state index contributed by atoms with van der Waals surface area (Å²) >= 11 is 0.164. The van der Waals surface area contributed by atoms with Crippen LogP contribution in [0, 0.1) is 6.92 Å². The zero-order valence-electron chi connectivity index (χ0n) is 5.46. The quantitative estimate of drug-likeness (QED) is 0.559. The van der Waals surface area contributed by atoms with Crippen molar-refractivity contribution in [3.8, 4) is 0 Å². The fourth-order valence-corrected chi connectivity index (χ4v) is 1.82. The molecule has 1 heteroatoms. The Balaban J connectivity index is 3.15. The molecule has 1 aromatic rings. The van der Waals surface area contributed by atoms with Crippen LogP contribution in [0.4, 0.5) is 0 Å². The molecule has 46 valence electrons. The summed E-state index contributed by atoms with van der Waals surface area (Å²) in [6.45, 7) is 2.14. The Kier molecular flexibility index (Phi) is 2.24. The molecule has 0 spiro atoms. The number of benzene rings is 1. The molecule has 1 rings (SSSR count). The van der Waals surface area contributed by atoms with Gasteiger partial charge < -0.3 is 0 Å². The van der Waals surface area contributed by atoms with Crippen LogP contribution in [0.1, 0.15) is 5.56 Å². The van der Waals surface area contributed by atoms with Crippen LogP contribution in [-0.2, 0) is 0 Å². The van der Waals surface area contributed by atoms with Crippen molar-refractivity contribution in [2.24, 2.45) is 0 Å². The molecule has 1 aromatic carbocycles. The molecule has 0 aliphatic carbocycles. The van der Waals surface area contributed by atoms with Crippen molar-refractivity contribution in [1.82, 2.24) is 0 Å². The van der Waals surface area contributed by atoms with E-state index in [9.17, 15) is 0 Å². The van der Waals surface area contributed by atoms with Crippen LogP contribution in [0.3, 0.4) is 0 Å². The SMILES string of the molecule is C=[As]c1ccccc1C. The van der Waals surface area contributed by atoms with Crippen molar-refractivity contribution in [1.29, 1.82) is 0 Å². The van der Waals surface area contributed by atoms with Crippen LogP contribution >= 0.6 is 0 Å². The van der Waals surface area contributed by atoms with Crippen molar-refractivity contribution in [3.05, 3.63) is 29.8 Å². The molecule has 0 saturated carbocycles. The molecule has 0 unspecified atom stereocenters. The van der Waals surface area contributed by atoms with Crippen molar-refractivity contribution < 1.29 is 0 Å².